The number of carbonyl (C=O) groups excluding carboxylic acids is 2. The predicted octanol–water partition coefficient (Wildman–Crippen LogP) is 5.64. The summed E-state index contributed by atoms with van der Waals surface area (Å²) >= 11 is 0. The number of ether oxygens (including phenoxy) is 2. The van der Waals surface area contributed by atoms with Crippen molar-refractivity contribution in [2.45, 2.75) is 39.5 Å². The molecule has 0 aliphatic carbocycles. The number of hydrogen-bond donors (Lipinski definition) is 1. The molecule has 4 aromatic rings. The molecule has 2 amide bonds. The molecule has 1 aliphatic heterocycles. The zero-order valence-corrected chi connectivity index (χ0v) is 24.9. The highest BCUT2D eigenvalue weighted by molar-refractivity contribution is 6.10. The minimum Gasteiger partial charge on any atom is -0.410 e. The standard InChI is InChI=1S/C34H39N3O5/c1-22-14-16-26(17-15-22)42-34(40)35(4)19-30-23(2)18-37(24(3)20-38)33(39)32-31(27-11-7-6-10-25(27)21-41-30)28-12-8-9-13-29(28)36(32)5/h6-17,23-24,30,38H,18-21H2,1-5H3/t23-,24+,30-/m0/s1. The molecule has 1 aromatic heterocycles. The Morgan fingerprint density at radius 1 is 1.10 bits per heavy atom. The Morgan fingerprint density at radius 2 is 1.79 bits per heavy atom. The van der Waals surface area contributed by atoms with Gasteiger partial charge in [0, 0.05) is 43.0 Å². The van der Waals surface area contributed by atoms with Gasteiger partial charge in [-0.2, -0.15) is 0 Å². The number of aromatic nitrogens is 1. The zero-order valence-electron chi connectivity index (χ0n) is 24.9. The molecule has 0 fully saturated rings. The third-order valence-corrected chi connectivity index (χ3v) is 8.22. The van der Waals surface area contributed by atoms with Gasteiger partial charge in [-0.3, -0.25) is 4.79 Å². The highest BCUT2D eigenvalue weighted by Crippen LogP contribution is 2.38. The van der Waals surface area contributed by atoms with Gasteiger partial charge in [0.05, 0.1) is 31.9 Å². The van der Waals surface area contributed by atoms with E-state index in [2.05, 4.69) is 0 Å². The molecule has 0 saturated heterocycles. The molecule has 0 radical (unpaired) electrons. The van der Waals surface area contributed by atoms with Crippen LogP contribution in [-0.4, -0.2) is 70.4 Å². The fourth-order valence-electron chi connectivity index (χ4n) is 5.66. The summed E-state index contributed by atoms with van der Waals surface area (Å²) in [6.07, 6.45) is -0.896. The zero-order chi connectivity index (χ0) is 30.0. The lowest BCUT2D eigenvalue weighted by atomic mass is 9.96. The van der Waals surface area contributed by atoms with Crippen LogP contribution in [-0.2, 0) is 18.4 Å². The van der Waals surface area contributed by atoms with E-state index < -0.39 is 18.2 Å². The number of carbonyl (C=O) groups is 2. The monoisotopic (exact) mass is 569 g/mol. The van der Waals surface area contributed by atoms with Crippen LogP contribution in [0.5, 0.6) is 5.75 Å². The lowest BCUT2D eigenvalue weighted by Gasteiger charge is -2.34. The maximum absolute atomic E-state index is 14.4. The number of amides is 2. The normalized spacial score (nSPS) is 18.1. The minimum atomic E-state index is -0.486. The number of benzene rings is 3. The largest absolute Gasteiger partial charge is 0.415 e. The third-order valence-electron chi connectivity index (χ3n) is 8.22. The summed E-state index contributed by atoms with van der Waals surface area (Å²) in [4.78, 5) is 30.7. The summed E-state index contributed by atoms with van der Waals surface area (Å²) in [6.45, 7) is 6.56. The van der Waals surface area contributed by atoms with Gasteiger partial charge in [0.25, 0.3) is 5.91 Å². The van der Waals surface area contributed by atoms with Crippen molar-refractivity contribution < 1.29 is 24.2 Å². The molecule has 0 saturated carbocycles. The first-order valence-corrected chi connectivity index (χ1v) is 14.4. The Hall–Kier alpha value is -4.14. The molecule has 1 N–H and O–H groups in total. The summed E-state index contributed by atoms with van der Waals surface area (Å²) in [5.41, 5.74) is 5.35. The summed E-state index contributed by atoms with van der Waals surface area (Å²) < 4.78 is 14.1. The minimum absolute atomic E-state index is 0.153. The Bertz CT molecular complexity index is 1580. The van der Waals surface area contributed by atoms with Gasteiger partial charge in [-0.05, 0) is 43.2 Å². The molecule has 8 nitrogen and oxygen atoms in total. The van der Waals surface area contributed by atoms with E-state index in [9.17, 15) is 14.7 Å². The van der Waals surface area contributed by atoms with Crippen molar-refractivity contribution in [1.29, 1.82) is 0 Å². The van der Waals surface area contributed by atoms with Crippen LogP contribution in [0.15, 0.2) is 72.8 Å². The number of aliphatic hydroxyl groups excluding tert-OH is 1. The fraction of sp³-hybridized carbons (Fsp3) is 0.353. The molecule has 1 aliphatic rings. The van der Waals surface area contributed by atoms with E-state index in [1.807, 2.05) is 93.0 Å². The van der Waals surface area contributed by atoms with Crippen molar-refractivity contribution in [3.63, 3.8) is 0 Å². The van der Waals surface area contributed by atoms with Crippen LogP contribution >= 0.6 is 0 Å². The Morgan fingerprint density at radius 3 is 2.52 bits per heavy atom. The van der Waals surface area contributed by atoms with Crippen LogP contribution in [0.4, 0.5) is 4.79 Å². The maximum atomic E-state index is 14.4. The van der Waals surface area contributed by atoms with Gasteiger partial charge in [0.1, 0.15) is 11.4 Å². The average Bonchev–Trinajstić information content (AvgIpc) is 3.29. The highest BCUT2D eigenvalue weighted by atomic mass is 16.6. The van der Waals surface area contributed by atoms with Crippen LogP contribution in [0.2, 0.25) is 0 Å². The van der Waals surface area contributed by atoms with Gasteiger partial charge in [-0.1, -0.05) is 67.1 Å². The first kappa shape index (κ1) is 29.4. The van der Waals surface area contributed by atoms with Crippen LogP contribution in [0.1, 0.15) is 35.5 Å². The molecular formula is C34H39N3O5. The highest BCUT2D eigenvalue weighted by Gasteiger charge is 2.34. The van der Waals surface area contributed by atoms with Gasteiger partial charge in [0.2, 0.25) is 0 Å². The van der Waals surface area contributed by atoms with Crippen LogP contribution < -0.4 is 4.74 Å². The second kappa shape index (κ2) is 12.4. The average molecular weight is 570 g/mol. The first-order valence-electron chi connectivity index (χ1n) is 14.4. The molecule has 0 spiro atoms. The van der Waals surface area contributed by atoms with Crippen molar-refractivity contribution in [1.82, 2.24) is 14.4 Å². The van der Waals surface area contributed by atoms with Crippen molar-refractivity contribution in [2.75, 3.05) is 26.7 Å². The number of para-hydroxylation sites is 1. The summed E-state index contributed by atoms with van der Waals surface area (Å²) in [7, 11) is 3.60. The van der Waals surface area contributed by atoms with E-state index in [1.54, 1.807) is 24.1 Å². The lowest BCUT2D eigenvalue weighted by Crippen LogP contribution is -2.48. The smallest absolute Gasteiger partial charge is 0.410 e. The van der Waals surface area contributed by atoms with E-state index in [-0.39, 0.29) is 25.0 Å². The molecule has 3 aromatic carbocycles. The fourth-order valence-corrected chi connectivity index (χ4v) is 5.66. The van der Waals surface area contributed by atoms with E-state index in [0.29, 0.717) is 24.6 Å². The number of fused-ring (bicyclic) bond motifs is 5. The number of aliphatic hydroxyl groups is 1. The van der Waals surface area contributed by atoms with Gasteiger partial charge >= 0.3 is 6.09 Å². The van der Waals surface area contributed by atoms with Crippen molar-refractivity contribution in [3.8, 4) is 16.9 Å². The molecule has 8 heteroatoms. The quantitative estimate of drug-likeness (QED) is 0.336. The molecule has 220 valence electrons. The van der Waals surface area contributed by atoms with E-state index in [1.165, 1.54) is 4.90 Å². The third kappa shape index (κ3) is 5.78. The Kier molecular flexibility index (Phi) is 8.66. The lowest BCUT2D eigenvalue weighted by molar-refractivity contribution is -0.0206. The van der Waals surface area contributed by atoms with Crippen LogP contribution in [0, 0.1) is 12.8 Å². The molecular weight excluding hydrogens is 530 g/mol. The predicted molar refractivity (Wildman–Crippen MR) is 164 cm³/mol. The number of likely N-dealkylation sites (N-methyl/N-ethyl adjacent to an activating group) is 1. The van der Waals surface area contributed by atoms with Gasteiger partial charge in [-0.15, -0.1) is 0 Å². The summed E-state index contributed by atoms with van der Waals surface area (Å²) in [5, 5.41) is 11.2. The molecule has 2 heterocycles. The number of hydrogen-bond acceptors (Lipinski definition) is 5. The molecule has 42 heavy (non-hydrogen) atoms. The number of nitrogens with zero attached hydrogens (tertiary/aromatic N) is 3. The van der Waals surface area contributed by atoms with Gasteiger partial charge < -0.3 is 28.9 Å². The van der Waals surface area contributed by atoms with Crippen LogP contribution in [0.3, 0.4) is 0 Å². The van der Waals surface area contributed by atoms with E-state index in [0.717, 1.165) is 33.2 Å². The Balaban J connectivity index is 1.53. The van der Waals surface area contributed by atoms with Gasteiger partial charge in [-0.25, -0.2) is 4.79 Å². The second-order valence-electron chi connectivity index (χ2n) is 11.3. The van der Waals surface area contributed by atoms with Crippen LogP contribution in [0.25, 0.3) is 22.0 Å². The van der Waals surface area contributed by atoms with Crippen molar-refractivity contribution in [2.24, 2.45) is 13.0 Å². The van der Waals surface area contributed by atoms with E-state index >= 15 is 0 Å². The maximum Gasteiger partial charge on any atom is 0.415 e. The van der Waals surface area contributed by atoms with Crippen molar-refractivity contribution >= 4 is 22.9 Å². The molecule has 3 atom stereocenters. The number of rotatable bonds is 5. The molecule has 5 rings (SSSR count). The summed E-state index contributed by atoms with van der Waals surface area (Å²) in [6, 6.07) is 22.9. The van der Waals surface area contributed by atoms with Gasteiger partial charge in [0.15, 0.2) is 0 Å². The molecule has 0 unspecified atom stereocenters. The van der Waals surface area contributed by atoms with E-state index in [4.69, 9.17) is 9.47 Å². The summed E-state index contributed by atoms with van der Waals surface area (Å²) in [5.74, 6) is 0.155. The van der Waals surface area contributed by atoms with Crippen molar-refractivity contribution in [3.05, 3.63) is 89.6 Å². The molecule has 0 bridgehead atoms. The topological polar surface area (TPSA) is 84.2 Å². The first-order chi connectivity index (χ1) is 20.2. The number of aryl methyl sites for hydroxylation is 2. The Labute approximate surface area is 247 Å². The SMILES string of the molecule is Cc1ccc(OC(=O)N(C)C[C@@H]2OCc3ccccc3-c3c(n(C)c4ccccc34)C(=O)N([C@H](C)CO)C[C@@H]2C)cc1. The second-order valence-corrected chi connectivity index (χ2v) is 11.3.